The summed E-state index contributed by atoms with van der Waals surface area (Å²) < 4.78 is 0. The zero-order chi connectivity index (χ0) is 23.6. The van der Waals surface area contributed by atoms with Crippen LogP contribution in [0.1, 0.15) is 128 Å². The van der Waals surface area contributed by atoms with Gasteiger partial charge in [0.15, 0.2) is 0 Å². The van der Waals surface area contributed by atoms with Gasteiger partial charge in [-0.05, 0) is 30.7 Å². The molecule has 0 aromatic heterocycles. The number of ketones is 1. The number of thioether (sulfide) groups is 1. The van der Waals surface area contributed by atoms with E-state index in [0.717, 1.165) is 25.0 Å². The predicted molar refractivity (Wildman–Crippen MR) is 143 cm³/mol. The second-order valence-corrected chi connectivity index (χ2v) is 12.0. The summed E-state index contributed by atoms with van der Waals surface area (Å²) in [6.07, 6.45) is 24.7. The molecule has 3 N–H and O–H groups in total. The number of amides is 1. The van der Waals surface area contributed by atoms with E-state index in [1.165, 1.54) is 103 Å². The SMILES string of the molecule is NCC1(CC(=O)NCCSCC(=O)CC2CCCCCCCCCCCCC2)CCCCC1. The molecule has 0 heterocycles. The van der Waals surface area contributed by atoms with E-state index in [-0.39, 0.29) is 11.3 Å². The molecule has 0 aromatic rings. The van der Waals surface area contributed by atoms with E-state index in [4.69, 9.17) is 5.73 Å². The Kier molecular flexibility index (Phi) is 15.5. The highest BCUT2D eigenvalue weighted by Gasteiger charge is 2.32. The minimum Gasteiger partial charge on any atom is -0.355 e. The second kappa shape index (κ2) is 17.8. The van der Waals surface area contributed by atoms with Crippen LogP contribution in [0.2, 0.25) is 0 Å². The van der Waals surface area contributed by atoms with Crippen molar-refractivity contribution < 1.29 is 9.59 Å². The Morgan fingerprint density at radius 3 is 1.85 bits per heavy atom. The van der Waals surface area contributed by atoms with Crippen molar-refractivity contribution in [2.24, 2.45) is 17.1 Å². The van der Waals surface area contributed by atoms with E-state index in [1.54, 1.807) is 11.8 Å². The largest absolute Gasteiger partial charge is 0.355 e. The molecule has 0 spiro atoms. The lowest BCUT2D eigenvalue weighted by molar-refractivity contribution is -0.123. The fraction of sp³-hybridized carbons (Fsp3) is 0.929. The number of Topliss-reactive ketones (excluding diaryl/α,β-unsaturated/α-hetero) is 1. The fourth-order valence-corrected chi connectivity index (χ4v) is 6.53. The van der Waals surface area contributed by atoms with Crippen molar-refractivity contribution in [3.8, 4) is 0 Å². The topological polar surface area (TPSA) is 72.2 Å². The summed E-state index contributed by atoms with van der Waals surface area (Å²) in [5, 5.41) is 3.07. The van der Waals surface area contributed by atoms with E-state index in [0.29, 0.717) is 37.0 Å². The molecule has 0 saturated heterocycles. The van der Waals surface area contributed by atoms with E-state index in [1.807, 2.05) is 0 Å². The van der Waals surface area contributed by atoms with E-state index in [9.17, 15) is 9.59 Å². The van der Waals surface area contributed by atoms with Crippen LogP contribution in [-0.4, -0.2) is 36.3 Å². The summed E-state index contributed by atoms with van der Waals surface area (Å²) in [4.78, 5) is 25.0. The van der Waals surface area contributed by atoms with Gasteiger partial charge >= 0.3 is 0 Å². The molecule has 2 aliphatic rings. The van der Waals surface area contributed by atoms with Gasteiger partial charge in [-0.3, -0.25) is 9.59 Å². The Labute approximate surface area is 208 Å². The first-order valence-corrected chi connectivity index (χ1v) is 15.4. The van der Waals surface area contributed by atoms with Gasteiger partial charge in [0.05, 0.1) is 5.75 Å². The molecule has 0 radical (unpaired) electrons. The molecule has 1 amide bonds. The summed E-state index contributed by atoms with van der Waals surface area (Å²) in [6.45, 7) is 1.27. The number of carbonyl (C=O) groups is 2. The molecule has 5 heteroatoms. The highest BCUT2D eigenvalue weighted by molar-refractivity contribution is 7.99. The first-order chi connectivity index (χ1) is 16.1. The normalized spacial score (nSPS) is 21.7. The van der Waals surface area contributed by atoms with Crippen LogP contribution in [0.4, 0.5) is 0 Å². The maximum atomic E-state index is 12.6. The Morgan fingerprint density at radius 2 is 1.30 bits per heavy atom. The average molecular weight is 481 g/mol. The predicted octanol–water partition coefficient (Wildman–Crippen LogP) is 6.80. The Morgan fingerprint density at radius 1 is 0.788 bits per heavy atom. The molecule has 0 bridgehead atoms. The lowest BCUT2D eigenvalue weighted by Gasteiger charge is -2.35. The van der Waals surface area contributed by atoms with Crippen molar-refractivity contribution in [3.05, 3.63) is 0 Å². The van der Waals surface area contributed by atoms with Gasteiger partial charge in [0, 0.05) is 25.1 Å². The maximum Gasteiger partial charge on any atom is 0.220 e. The molecule has 0 unspecified atom stereocenters. The number of nitrogens with one attached hydrogen (secondary N) is 1. The van der Waals surface area contributed by atoms with Crippen LogP contribution >= 0.6 is 11.8 Å². The van der Waals surface area contributed by atoms with Gasteiger partial charge in [-0.1, -0.05) is 103 Å². The Bertz CT molecular complexity index is 520. The molecular weight excluding hydrogens is 428 g/mol. The quantitative estimate of drug-likeness (QED) is 0.337. The van der Waals surface area contributed by atoms with Crippen LogP contribution in [0.5, 0.6) is 0 Å². The lowest BCUT2D eigenvalue weighted by Crippen LogP contribution is -2.39. The number of hydrogen-bond acceptors (Lipinski definition) is 4. The van der Waals surface area contributed by atoms with Gasteiger partial charge in [-0.15, -0.1) is 0 Å². The number of carbonyl (C=O) groups excluding carboxylic acids is 2. The Balaban J connectivity index is 1.58. The van der Waals surface area contributed by atoms with E-state index < -0.39 is 0 Å². The molecule has 33 heavy (non-hydrogen) atoms. The highest BCUT2D eigenvalue weighted by atomic mass is 32.2. The third-order valence-corrected chi connectivity index (χ3v) is 8.97. The highest BCUT2D eigenvalue weighted by Crippen LogP contribution is 2.38. The van der Waals surface area contributed by atoms with Crippen LogP contribution in [0, 0.1) is 11.3 Å². The third-order valence-electron chi connectivity index (χ3n) is 7.96. The fourth-order valence-electron chi connectivity index (χ4n) is 5.79. The van der Waals surface area contributed by atoms with Gasteiger partial charge in [-0.25, -0.2) is 0 Å². The smallest absolute Gasteiger partial charge is 0.220 e. The first kappa shape index (κ1) is 28.7. The zero-order valence-corrected chi connectivity index (χ0v) is 22.2. The minimum absolute atomic E-state index is 0.0252. The minimum atomic E-state index is 0.0252. The molecular formula is C28H52N2O2S. The monoisotopic (exact) mass is 480 g/mol. The van der Waals surface area contributed by atoms with Crippen molar-refractivity contribution in [2.75, 3.05) is 24.6 Å². The van der Waals surface area contributed by atoms with E-state index >= 15 is 0 Å². The summed E-state index contributed by atoms with van der Waals surface area (Å²) in [5.41, 5.74) is 6.04. The summed E-state index contributed by atoms with van der Waals surface area (Å²) in [7, 11) is 0. The van der Waals surface area contributed by atoms with Gasteiger partial charge in [0.1, 0.15) is 5.78 Å². The number of rotatable bonds is 10. The van der Waals surface area contributed by atoms with Gasteiger partial charge in [0.25, 0.3) is 0 Å². The maximum absolute atomic E-state index is 12.6. The van der Waals surface area contributed by atoms with E-state index in [2.05, 4.69) is 5.32 Å². The van der Waals surface area contributed by atoms with Gasteiger partial charge < -0.3 is 11.1 Å². The zero-order valence-electron chi connectivity index (χ0n) is 21.4. The van der Waals surface area contributed by atoms with Crippen molar-refractivity contribution >= 4 is 23.5 Å². The van der Waals surface area contributed by atoms with Crippen LogP contribution < -0.4 is 11.1 Å². The van der Waals surface area contributed by atoms with Crippen LogP contribution in [0.15, 0.2) is 0 Å². The average Bonchev–Trinajstić information content (AvgIpc) is 2.81. The van der Waals surface area contributed by atoms with Crippen LogP contribution in [0.3, 0.4) is 0 Å². The molecule has 192 valence electrons. The molecule has 2 saturated carbocycles. The van der Waals surface area contributed by atoms with Gasteiger partial charge in [-0.2, -0.15) is 11.8 Å². The van der Waals surface area contributed by atoms with Crippen molar-refractivity contribution in [1.82, 2.24) is 5.32 Å². The Hall–Kier alpha value is -0.550. The summed E-state index contributed by atoms with van der Waals surface area (Å²) in [5.74, 6) is 2.54. The molecule has 4 nitrogen and oxygen atoms in total. The molecule has 0 atom stereocenters. The summed E-state index contributed by atoms with van der Waals surface area (Å²) in [6, 6.07) is 0. The standard InChI is InChI=1S/C28H52N2O2S/c29-24-28(17-13-10-14-18-28)22-27(32)30-19-20-33-23-26(31)21-25-15-11-8-6-4-2-1-3-5-7-9-12-16-25/h25H,1-24,29H2,(H,30,32). The number of nitrogens with two attached hydrogens (primary N) is 1. The summed E-state index contributed by atoms with van der Waals surface area (Å²) >= 11 is 1.68. The van der Waals surface area contributed by atoms with Crippen molar-refractivity contribution in [3.63, 3.8) is 0 Å². The van der Waals surface area contributed by atoms with Crippen molar-refractivity contribution in [1.29, 1.82) is 0 Å². The second-order valence-electron chi connectivity index (χ2n) is 10.9. The molecule has 0 aliphatic heterocycles. The molecule has 0 aromatic carbocycles. The lowest BCUT2D eigenvalue weighted by atomic mass is 9.72. The van der Waals surface area contributed by atoms with Crippen LogP contribution in [-0.2, 0) is 9.59 Å². The number of hydrogen-bond donors (Lipinski definition) is 2. The van der Waals surface area contributed by atoms with Crippen molar-refractivity contribution in [2.45, 2.75) is 128 Å². The first-order valence-electron chi connectivity index (χ1n) is 14.2. The molecule has 2 rings (SSSR count). The van der Waals surface area contributed by atoms with Gasteiger partial charge in [0.2, 0.25) is 5.91 Å². The third kappa shape index (κ3) is 13.2. The van der Waals surface area contributed by atoms with Crippen LogP contribution in [0.25, 0.3) is 0 Å². The molecule has 2 aliphatic carbocycles. The molecule has 2 fully saturated rings.